The number of hydrogen-bond acceptors (Lipinski definition) is 8. The number of ether oxygens (including phenoxy) is 1. The number of hydrogen-bond donors (Lipinski definition) is 4. The number of benzene rings is 1. The summed E-state index contributed by atoms with van der Waals surface area (Å²) in [6.45, 7) is 7.26. The Labute approximate surface area is 209 Å². The maximum absolute atomic E-state index is 12.4. The number of carbonyl (C=O) groups excluding carboxylic acids is 1. The van der Waals surface area contributed by atoms with E-state index in [1.54, 1.807) is 11.8 Å². The molecule has 0 bridgehead atoms. The highest BCUT2D eigenvalue weighted by Crippen LogP contribution is 2.30. The van der Waals surface area contributed by atoms with Gasteiger partial charge in [0.1, 0.15) is 5.25 Å². The van der Waals surface area contributed by atoms with Crippen molar-refractivity contribution in [2.75, 3.05) is 25.4 Å². The van der Waals surface area contributed by atoms with Crippen molar-refractivity contribution < 1.29 is 44.3 Å². The summed E-state index contributed by atoms with van der Waals surface area (Å²) in [5.74, 6) is -4.17. The molecule has 11 heteroatoms. The van der Waals surface area contributed by atoms with E-state index in [-0.39, 0.29) is 17.3 Å². The van der Waals surface area contributed by atoms with Gasteiger partial charge in [-0.2, -0.15) is 0 Å². The van der Waals surface area contributed by atoms with Crippen molar-refractivity contribution in [2.45, 2.75) is 62.9 Å². The number of esters is 1. The van der Waals surface area contributed by atoms with Gasteiger partial charge in [-0.05, 0) is 45.3 Å². The molecule has 1 aromatic rings. The lowest BCUT2D eigenvalue weighted by Gasteiger charge is -2.27. The second-order valence-electron chi connectivity index (χ2n) is 8.53. The van der Waals surface area contributed by atoms with E-state index in [1.165, 1.54) is 32.4 Å². The first-order valence-corrected chi connectivity index (χ1v) is 12.5. The molecule has 0 saturated carbocycles. The van der Waals surface area contributed by atoms with Crippen LogP contribution in [0.3, 0.4) is 0 Å². The number of carboxylic acid groups (broad SMARTS) is 3. The lowest BCUT2D eigenvalue weighted by molar-refractivity contribution is -0.170. The van der Waals surface area contributed by atoms with Crippen LogP contribution < -0.4 is 0 Å². The summed E-state index contributed by atoms with van der Waals surface area (Å²) < 4.78 is 5.44. The molecule has 1 unspecified atom stereocenters. The van der Waals surface area contributed by atoms with E-state index in [4.69, 9.17) is 25.2 Å². The lowest BCUT2D eigenvalue weighted by Crippen LogP contribution is -2.42. The third kappa shape index (κ3) is 12.1. The van der Waals surface area contributed by atoms with Crippen molar-refractivity contribution in [2.24, 2.45) is 0 Å². The number of aliphatic carboxylic acids is 3. The van der Waals surface area contributed by atoms with Gasteiger partial charge in [0.15, 0.2) is 5.60 Å². The van der Waals surface area contributed by atoms with Gasteiger partial charge in [0, 0.05) is 12.3 Å². The molecule has 0 aromatic heterocycles. The fraction of sp³-hybridized carbons (Fsp3) is 0.583. The second kappa shape index (κ2) is 15.4. The van der Waals surface area contributed by atoms with Crippen molar-refractivity contribution >= 4 is 35.6 Å². The fourth-order valence-electron chi connectivity index (χ4n) is 3.42. The smallest absolute Gasteiger partial charge is 0.336 e. The van der Waals surface area contributed by atoms with Crippen LogP contribution in [0.2, 0.25) is 0 Å². The average Bonchev–Trinajstić information content (AvgIpc) is 2.76. The topological polar surface area (TPSA) is 162 Å². The zero-order valence-corrected chi connectivity index (χ0v) is 20.9. The zero-order chi connectivity index (χ0) is 26.4. The van der Waals surface area contributed by atoms with Crippen LogP contribution in [0.25, 0.3) is 0 Å². The molecular weight excluding hydrogens is 478 g/mol. The van der Waals surface area contributed by atoms with Crippen molar-refractivity contribution in [3.63, 3.8) is 0 Å². The summed E-state index contributed by atoms with van der Waals surface area (Å²) in [7, 11) is 0. The monoisotopic (exact) mass is 513 g/mol. The van der Waals surface area contributed by atoms with Crippen LogP contribution in [0.1, 0.15) is 56.8 Å². The molecule has 35 heavy (non-hydrogen) atoms. The lowest BCUT2D eigenvalue weighted by atomic mass is 9.96. The normalized spacial score (nSPS) is 15.0. The summed E-state index contributed by atoms with van der Waals surface area (Å²) in [4.78, 5) is 45.4. The number of thioether (sulfide) groups is 1. The maximum atomic E-state index is 12.4. The highest BCUT2D eigenvalue weighted by atomic mass is 32.2. The Morgan fingerprint density at radius 1 is 0.971 bits per heavy atom. The van der Waals surface area contributed by atoms with Crippen molar-refractivity contribution in [1.82, 2.24) is 4.90 Å². The Morgan fingerprint density at radius 3 is 1.97 bits per heavy atom. The van der Waals surface area contributed by atoms with Crippen LogP contribution in [-0.2, 0) is 23.9 Å². The Balaban J connectivity index is 0.000000405. The molecule has 196 valence electrons. The first kappa shape index (κ1) is 30.4. The van der Waals surface area contributed by atoms with Gasteiger partial charge in [-0.15, -0.1) is 11.8 Å². The van der Waals surface area contributed by atoms with E-state index in [2.05, 4.69) is 4.90 Å². The van der Waals surface area contributed by atoms with Gasteiger partial charge >= 0.3 is 23.9 Å². The summed E-state index contributed by atoms with van der Waals surface area (Å²) in [6, 6.07) is 9.97. The Bertz CT molecular complexity index is 810. The molecule has 4 N–H and O–H groups in total. The molecule has 1 heterocycles. The van der Waals surface area contributed by atoms with Crippen molar-refractivity contribution in [3.05, 3.63) is 35.9 Å². The summed E-state index contributed by atoms with van der Waals surface area (Å²) in [5, 5.41) is 33.6. The number of likely N-dealkylation sites (tertiary alicyclic amines) is 1. The number of rotatable bonds is 12. The van der Waals surface area contributed by atoms with Gasteiger partial charge in [-0.25, -0.2) is 4.79 Å². The average molecular weight is 514 g/mol. The van der Waals surface area contributed by atoms with Crippen molar-refractivity contribution in [3.8, 4) is 0 Å². The van der Waals surface area contributed by atoms with Crippen LogP contribution in [0.15, 0.2) is 30.3 Å². The standard InChI is InChI=1S/C18H27NO2S.C6H8O7/c1-15(2)21-18(20)17(16-9-5-3-6-10-16)22-14-13-19-11-7-4-8-12-19;7-3(8)1-6(13,5(11)12)2-4(9)10/h3,5-6,9-10,15,17H,4,7-8,11-14H2,1-2H3;13H,1-2H2,(H,7,8)(H,9,10)(H,11,12). The SMILES string of the molecule is CC(C)OC(=O)C(SCCN1CCCCC1)c1ccccc1.O=C(O)CC(O)(CC(=O)O)C(=O)O. The Morgan fingerprint density at radius 2 is 1.51 bits per heavy atom. The molecule has 0 radical (unpaired) electrons. The minimum Gasteiger partial charge on any atom is -0.481 e. The third-order valence-corrected chi connectivity index (χ3v) is 6.31. The third-order valence-electron chi connectivity index (χ3n) is 5.09. The van der Waals surface area contributed by atoms with Crippen LogP contribution >= 0.6 is 11.8 Å². The summed E-state index contributed by atoms with van der Waals surface area (Å²) in [6.07, 6.45) is 1.62. The molecule has 0 spiro atoms. The molecule has 1 fully saturated rings. The van der Waals surface area contributed by atoms with Crippen molar-refractivity contribution in [1.29, 1.82) is 0 Å². The van der Waals surface area contributed by atoms with E-state index in [0.29, 0.717) is 0 Å². The van der Waals surface area contributed by atoms with Crippen LogP contribution in [0.4, 0.5) is 0 Å². The highest BCUT2D eigenvalue weighted by molar-refractivity contribution is 8.00. The van der Waals surface area contributed by atoms with E-state index in [9.17, 15) is 19.2 Å². The van der Waals surface area contributed by atoms with E-state index < -0.39 is 36.4 Å². The number of carboxylic acids is 3. The Hall–Kier alpha value is -2.63. The van der Waals surface area contributed by atoms with E-state index in [1.807, 2.05) is 44.2 Å². The van der Waals surface area contributed by atoms with Gasteiger partial charge in [0.25, 0.3) is 0 Å². The molecule has 1 atom stereocenters. The molecule has 1 aromatic carbocycles. The Kier molecular flexibility index (Phi) is 13.4. The van der Waals surface area contributed by atoms with Crippen LogP contribution in [0.5, 0.6) is 0 Å². The van der Waals surface area contributed by atoms with Gasteiger partial charge in [-0.1, -0.05) is 36.8 Å². The van der Waals surface area contributed by atoms with Gasteiger partial charge in [0.05, 0.1) is 18.9 Å². The summed E-state index contributed by atoms with van der Waals surface area (Å²) >= 11 is 1.70. The second-order valence-corrected chi connectivity index (χ2v) is 9.74. The molecule has 10 nitrogen and oxygen atoms in total. The predicted molar refractivity (Wildman–Crippen MR) is 130 cm³/mol. The largest absolute Gasteiger partial charge is 0.481 e. The van der Waals surface area contributed by atoms with Gasteiger partial charge < -0.3 is 30.1 Å². The van der Waals surface area contributed by atoms with Gasteiger partial charge in [-0.3, -0.25) is 14.4 Å². The maximum Gasteiger partial charge on any atom is 0.336 e. The zero-order valence-electron chi connectivity index (χ0n) is 20.1. The fourth-order valence-corrected chi connectivity index (χ4v) is 4.56. The van der Waals surface area contributed by atoms with Crippen LogP contribution in [0, 0.1) is 0 Å². The quantitative estimate of drug-likeness (QED) is 0.304. The van der Waals surface area contributed by atoms with E-state index in [0.717, 1.165) is 17.9 Å². The molecular formula is C24H35NO9S. The molecule has 0 aliphatic carbocycles. The first-order chi connectivity index (χ1) is 16.4. The number of aliphatic hydroxyl groups is 1. The molecule has 1 saturated heterocycles. The highest BCUT2D eigenvalue weighted by Gasteiger charge is 2.40. The minimum atomic E-state index is -2.74. The van der Waals surface area contributed by atoms with Gasteiger partial charge in [0.2, 0.25) is 0 Å². The summed E-state index contributed by atoms with van der Waals surface area (Å²) in [5.41, 5.74) is -1.70. The number of nitrogens with zero attached hydrogens (tertiary/aromatic N) is 1. The van der Waals surface area contributed by atoms with Crippen LogP contribution in [-0.4, -0.2) is 86.3 Å². The molecule has 0 amide bonds. The minimum absolute atomic E-state index is 0.0681. The first-order valence-electron chi connectivity index (χ1n) is 11.4. The molecule has 2 rings (SSSR count). The molecule has 1 aliphatic heterocycles. The van der Waals surface area contributed by atoms with E-state index >= 15 is 0 Å². The molecule has 1 aliphatic rings. The number of carbonyl (C=O) groups is 4. The predicted octanol–water partition coefficient (Wildman–Crippen LogP) is 2.65. The number of piperidine rings is 1.